The number of carbonyl (C=O) groups excluding carboxylic acids is 1. The first-order chi connectivity index (χ1) is 11.8. The van der Waals surface area contributed by atoms with Crippen molar-refractivity contribution in [3.8, 4) is 5.69 Å². The second-order valence-corrected chi connectivity index (χ2v) is 6.53. The molecule has 0 spiro atoms. The molecule has 0 bridgehead atoms. The normalized spacial score (nSPS) is 22.4. The third-order valence-electron chi connectivity index (χ3n) is 4.97. The molecule has 1 aliphatic heterocycles. The standard InChI is InChI=1S/C18H21N5O/c24-18(22-10-15-3-1-2-4-16(15)11-22)20-9-14-5-7-17(8-6-14)23-13-19-12-21-23/h1-2,5-8,12-13,15-16H,3-4,9-11H2,(H,20,24)/t15-,16+. The van der Waals surface area contributed by atoms with Gasteiger partial charge < -0.3 is 10.2 Å². The number of benzene rings is 1. The number of likely N-dealkylation sites (tertiary alicyclic amines) is 1. The van der Waals surface area contributed by atoms with Crippen LogP contribution < -0.4 is 5.32 Å². The summed E-state index contributed by atoms with van der Waals surface area (Å²) in [5, 5.41) is 7.14. The minimum Gasteiger partial charge on any atom is -0.334 e. The summed E-state index contributed by atoms with van der Waals surface area (Å²) in [6, 6.07) is 8.01. The molecule has 4 rings (SSSR count). The molecule has 6 heteroatoms. The Bertz CT molecular complexity index is 706. The van der Waals surface area contributed by atoms with Crippen molar-refractivity contribution in [1.82, 2.24) is 25.0 Å². The van der Waals surface area contributed by atoms with Crippen LogP contribution in [0.25, 0.3) is 5.69 Å². The molecule has 1 N–H and O–H groups in total. The van der Waals surface area contributed by atoms with Gasteiger partial charge in [-0.05, 0) is 42.4 Å². The molecule has 1 aromatic carbocycles. The van der Waals surface area contributed by atoms with Gasteiger partial charge in [-0.25, -0.2) is 14.5 Å². The van der Waals surface area contributed by atoms with Crippen molar-refractivity contribution in [2.75, 3.05) is 13.1 Å². The number of rotatable bonds is 3. The summed E-state index contributed by atoms with van der Waals surface area (Å²) in [4.78, 5) is 18.3. The molecule has 0 unspecified atom stereocenters. The van der Waals surface area contributed by atoms with Crippen LogP contribution in [0.15, 0.2) is 49.1 Å². The Morgan fingerprint density at radius 1 is 1.12 bits per heavy atom. The van der Waals surface area contributed by atoms with E-state index >= 15 is 0 Å². The van der Waals surface area contributed by atoms with Gasteiger partial charge in [-0.3, -0.25) is 0 Å². The van der Waals surface area contributed by atoms with E-state index < -0.39 is 0 Å². The summed E-state index contributed by atoms with van der Waals surface area (Å²) in [5.41, 5.74) is 2.03. The molecule has 2 amide bonds. The van der Waals surface area contributed by atoms with E-state index in [9.17, 15) is 4.79 Å². The highest BCUT2D eigenvalue weighted by Gasteiger charge is 2.34. The minimum atomic E-state index is 0.0461. The van der Waals surface area contributed by atoms with Crippen LogP contribution in [0.3, 0.4) is 0 Å². The number of hydrogen-bond donors (Lipinski definition) is 1. The van der Waals surface area contributed by atoms with Gasteiger partial charge >= 0.3 is 6.03 Å². The van der Waals surface area contributed by atoms with E-state index in [2.05, 4.69) is 27.6 Å². The smallest absolute Gasteiger partial charge is 0.317 e. The molecular weight excluding hydrogens is 302 g/mol. The van der Waals surface area contributed by atoms with Crippen molar-refractivity contribution in [3.63, 3.8) is 0 Å². The van der Waals surface area contributed by atoms with Crippen molar-refractivity contribution >= 4 is 6.03 Å². The molecule has 1 aliphatic carbocycles. The number of allylic oxidation sites excluding steroid dienone is 2. The number of aromatic nitrogens is 3. The molecule has 1 aromatic heterocycles. The van der Waals surface area contributed by atoms with E-state index in [4.69, 9.17) is 0 Å². The number of nitrogens with one attached hydrogen (secondary N) is 1. The Morgan fingerprint density at radius 2 is 1.83 bits per heavy atom. The largest absolute Gasteiger partial charge is 0.334 e. The lowest BCUT2D eigenvalue weighted by atomic mass is 9.86. The lowest BCUT2D eigenvalue weighted by Gasteiger charge is -2.17. The molecule has 2 atom stereocenters. The predicted molar refractivity (Wildman–Crippen MR) is 90.5 cm³/mol. The Labute approximate surface area is 141 Å². The average Bonchev–Trinajstić information content (AvgIpc) is 3.29. The van der Waals surface area contributed by atoms with E-state index in [1.165, 1.54) is 6.33 Å². The van der Waals surface area contributed by atoms with Crippen LogP contribution in [-0.4, -0.2) is 38.8 Å². The average molecular weight is 323 g/mol. The maximum Gasteiger partial charge on any atom is 0.317 e. The van der Waals surface area contributed by atoms with Crippen molar-refractivity contribution in [1.29, 1.82) is 0 Å². The van der Waals surface area contributed by atoms with Crippen LogP contribution in [0, 0.1) is 11.8 Å². The molecule has 0 radical (unpaired) electrons. The Kier molecular flexibility index (Phi) is 4.02. The van der Waals surface area contributed by atoms with Crippen molar-refractivity contribution in [2.45, 2.75) is 19.4 Å². The number of nitrogens with zero attached hydrogens (tertiary/aromatic N) is 4. The van der Waals surface area contributed by atoms with Gasteiger partial charge in [-0.15, -0.1) is 0 Å². The van der Waals surface area contributed by atoms with Crippen LogP contribution >= 0.6 is 0 Å². The number of urea groups is 1. The lowest BCUT2D eigenvalue weighted by molar-refractivity contribution is 0.206. The van der Waals surface area contributed by atoms with Gasteiger partial charge in [0.2, 0.25) is 0 Å². The summed E-state index contributed by atoms with van der Waals surface area (Å²) >= 11 is 0. The zero-order valence-corrected chi connectivity index (χ0v) is 13.5. The van der Waals surface area contributed by atoms with Gasteiger partial charge in [0.15, 0.2) is 0 Å². The van der Waals surface area contributed by atoms with Crippen molar-refractivity contribution < 1.29 is 4.79 Å². The molecule has 6 nitrogen and oxygen atoms in total. The monoisotopic (exact) mass is 323 g/mol. The van der Waals surface area contributed by atoms with E-state index in [1.54, 1.807) is 11.0 Å². The van der Waals surface area contributed by atoms with Crippen LogP contribution in [0.5, 0.6) is 0 Å². The van der Waals surface area contributed by atoms with Gasteiger partial charge in [-0.2, -0.15) is 5.10 Å². The molecule has 2 aromatic rings. The van der Waals surface area contributed by atoms with Gasteiger partial charge in [0.25, 0.3) is 0 Å². The highest BCUT2D eigenvalue weighted by atomic mass is 16.2. The molecular formula is C18H21N5O. The van der Waals surface area contributed by atoms with Crippen LogP contribution in [0.2, 0.25) is 0 Å². The minimum absolute atomic E-state index is 0.0461. The van der Waals surface area contributed by atoms with Gasteiger partial charge in [0, 0.05) is 19.6 Å². The summed E-state index contributed by atoms with van der Waals surface area (Å²) < 4.78 is 1.71. The second-order valence-electron chi connectivity index (χ2n) is 6.53. The third kappa shape index (κ3) is 3.04. The first-order valence-corrected chi connectivity index (χ1v) is 8.41. The highest BCUT2D eigenvalue weighted by Crippen LogP contribution is 2.32. The van der Waals surface area contributed by atoms with Crippen LogP contribution in [0.4, 0.5) is 4.79 Å². The van der Waals surface area contributed by atoms with Gasteiger partial charge in [-0.1, -0.05) is 24.3 Å². The molecule has 1 fully saturated rings. The second kappa shape index (κ2) is 6.47. The molecule has 24 heavy (non-hydrogen) atoms. The van der Waals surface area contributed by atoms with Crippen LogP contribution in [0.1, 0.15) is 18.4 Å². The lowest BCUT2D eigenvalue weighted by Crippen LogP contribution is -2.38. The third-order valence-corrected chi connectivity index (χ3v) is 4.97. The quantitative estimate of drug-likeness (QED) is 0.882. The SMILES string of the molecule is O=C(NCc1ccc(-n2cncn2)cc1)N1C[C@H]2CC=CC[C@H]2C1. The summed E-state index contributed by atoms with van der Waals surface area (Å²) in [6.45, 7) is 2.30. The van der Waals surface area contributed by atoms with Crippen molar-refractivity contribution in [2.24, 2.45) is 11.8 Å². The molecule has 2 aliphatic rings. The predicted octanol–water partition coefficient (Wildman–Crippen LogP) is 2.37. The molecule has 0 saturated carbocycles. The van der Waals surface area contributed by atoms with Crippen molar-refractivity contribution in [3.05, 3.63) is 54.6 Å². The first-order valence-electron chi connectivity index (χ1n) is 8.41. The zero-order valence-electron chi connectivity index (χ0n) is 13.5. The van der Waals surface area contributed by atoms with E-state index in [0.29, 0.717) is 18.4 Å². The topological polar surface area (TPSA) is 63.1 Å². The van der Waals surface area contributed by atoms with E-state index in [-0.39, 0.29) is 6.03 Å². The fourth-order valence-corrected chi connectivity index (χ4v) is 3.58. The summed E-state index contributed by atoms with van der Waals surface area (Å²) in [6.07, 6.45) is 9.89. The van der Waals surface area contributed by atoms with Crippen LogP contribution in [-0.2, 0) is 6.54 Å². The fourth-order valence-electron chi connectivity index (χ4n) is 3.58. The number of amides is 2. The Balaban J connectivity index is 1.31. The number of carbonyl (C=O) groups is 1. The molecule has 1 saturated heterocycles. The zero-order chi connectivity index (χ0) is 16.4. The number of hydrogen-bond acceptors (Lipinski definition) is 3. The Hall–Kier alpha value is -2.63. The Morgan fingerprint density at radius 3 is 2.46 bits per heavy atom. The fraction of sp³-hybridized carbons (Fsp3) is 0.389. The van der Waals surface area contributed by atoms with Gasteiger partial charge in [0.05, 0.1) is 5.69 Å². The summed E-state index contributed by atoms with van der Waals surface area (Å²) in [7, 11) is 0. The maximum atomic E-state index is 12.4. The van der Waals surface area contributed by atoms with E-state index in [1.807, 2.05) is 29.2 Å². The molecule has 124 valence electrons. The highest BCUT2D eigenvalue weighted by molar-refractivity contribution is 5.74. The van der Waals surface area contributed by atoms with Gasteiger partial charge in [0.1, 0.15) is 12.7 Å². The molecule has 2 heterocycles. The maximum absolute atomic E-state index is 12.4. The van der Waals surface area contributed by atoms with E-state index in [0.717, 1.165) is 37.2 Å². The first kappa shape index (κ1) is 14.9. The summed E-state index contributed by atoms with van der Waals surface area (Å²) in [5.74, 6) is 1.28. The number of fused-ring (bicyclic) bond motifs is 1.